The van der Waals surface area contributed by atoms with E-state index in [1.54, 1.807) is 6.07 Å². The summed E-state index contributed by atoms with van der Waals surface area (Å²) in [5.41, 5.74) is 0.201. The summed E-state index contributed by atoms with van der Waals surface area (Å²) in [7, 11) is 2.49. The highest BCUT2D eigenvalue weighted by Crippen LogP contribution is 2.28. The number of rotatable bonds is 7. The van der Waals surface area contributed by atoms with E-state index in [-0.39, 0.29) is 30.2 Å². The van der Waals surface area contributed by atoms with Crippen LogP contribution in [0, 0.1) is 10.1 Å². The van der Waals surface area contributed by atoms with Crippen LogP contribution >= 0.6 is 0 Å². The molecule has 0 aromatic heterocycles. The number of nitro groups is 1. The molecule has 10 nitrogen and oxygen atoms in total. The topological polar surface area (TPSA) is 137 Å². The molecule has 0 saturated carbocycles. The van der Waals surface area contributed by atoms with E-state index in [2.05, 4.69) is 10.6 Å². The number of hydrogen-bond donors (Lipinski definition) is 2. The summed E-state index contributed by atoms with van der Waals surface area (Å²) in [5.74, 6) is -1.34. The van der Waals surface area contributed by atoms with Crippen molar-refractivity contribution >= 4 is 23.5 Å². The minimum Gasteiger partial charge on any atom is -0.490 e. The molecule has 2 atom stereocenters. The molecule has 1 aliphatic heterocycles. The molecule has 0 spiro atoms. The van der Waals surface area contributed by atoms with Gasteiger partial charge in [-0.05, 0) is 18.1 Å². The second-order valence-electron chi connectivity index (χ2n) is 5.71. The first-order valence-electron chi connectivity index (χ1n) is 7.84. The minimum absolute atomic E-state index is 0.0100. The molecule has 1 aromatic carbocycles. The molecule has 0 radical (unpaired) electrons. The average Bonchev–Trinajstić information content (AvgIpc) is 3.06. The molecule has 1 saturated heterocycles. The Bertz CT molecular complexity index is 735. The highest BCUT2D eigenvalue weighted by molar-refractivity contribution is 5.93. The van der Waals surface area contributed by atoms with Crippen LogP contribution in [0.1, 0.15) is 18.4 Å². The first-order valence-corrected chi connectivity index (χ1v) is 7.84. The lowest BCUT2D eigenvalue weighted by atomic mass is 10.0. The van der Waals surface area contributed by atoms with E-state index in [4.69, 9.17) is 9.47 Å². The van der Waals surface area contributed by atoms with E-state index in [1.165, 1.54) is 26.4 Å². The maximum absolute atomic E-state index is 12.2. The number of carbonyl (C=O) groups excluding carboxylic acids is 3. The summed E-state index contributed by atoms with van der Waals surface area (Å²) in [5, 5.41) is 16.2. The molecule has 0 bridgehead atoms. The number of benzene rings is 1. The molecule has 2 amide bonds. The van der Waals surface area contributed by atoms with Crippen molar-refractivity contribution in [3.05, 3.63) is 33.9 Å². The van der Waals surface area contributed by atoms with Gasteiger partial charge < -0.3 is 20.1 Å². The number of nitro benzene ring substituents is 1. The van der Waals surface area contributed by atoms with Gasteiger partial charge in [0, 0.05) is 18.9 Å². The monoisotopic (exact) mass is 365 g/mol. The van der Waals surface area contributed by atoms with Crippen LogP contribution in [0.15, 0.2) is 18.2 Å². The summed E-state index contributed by atoms with van der Waals surface area (Å²) >= 11 is 0. The van der Waals surface area contributed by atoms with Crippen LogP contribution in [-0.2, 0) is 25.5 Å². The third kappa shape index (κ3) is 4.47. The van der Waals surface area contributed by atoms with Crippen molar-refractivity contribution in [2.24, 2.45) is 0 Å². The van der Waals surface area contributed by atoms with Gasteiger partial charge in [-0.15, -0.1) is 0 Å². The van der Waals surface area contributed by atoms with E-state index in [1.807, 2.05) is 0 Å². The van der Waals surface area contributed by atoms with Crippen LogP contribution in [-0.4, -0.2) is 49.0 Å². The highest BCUT2D eigenvalue weighted by atomic mass is 16.6. The van der Waals surface area contributed by atoms with Gasteiger partial charge >= 0.3 is 11.7 Å². The molecule has 0 aliphatic carbocycles. The van der Waals surface area contributed by atoms with Gasteiger partial charge in [0.05, 0.1) is 19.1 Å². The lowest BCUT2D eigenvalue weighted by molar-refractivity contribution is -0.385. The maximum Gasteiger partial charge on any atom is 0.328 e. The van der Waals surface area contributed by atoms with Crippen molar-refractivity contribution in [3.8, 4) is 5.75 Å². The summed E-state index contributed by atoms with van der Waals surface area (Å²) in [6.07, 6.45) is 0.572. The SMILES string of the molecule is COC(=O)[C@@H](Cc1ccc(OC)c([N+](=O)[O-])c1)NC(=O)[C@H]1CCC(=O)N1. The quantitative estimate of drug-likeness (QED) is 0.397. The van der Waals surface area contributed by atoms with Crippen LogP contribution in [0.25, 0.3) is 0 Å². The van der Waals surface area contributed by atoms with E-state index < -0.39 is 28.9 Å². The average molecular weight is 365 g/mol. The lowest BCUT2D eigenvalue weighted by Crippen LogP contribution is -2.50. The van der Waals surface area contributed by atoms with Gasteiger partial charge in [-0.1, -0.05) is 6.07 Å². The number of methoxy groups -OCH3 is 2. The first-order chi connectivity index (χ1) is 12.3. The zero-order valence-corrected chi connectivity index (χ0v) is 14.3. The number of ether oxygens (including phenoxy) is 2. The Morgan fingerprint density at radius 3 is 2.69 bits per heavy atom. The number of nitrogens with one attached hydrogen (secondary N) is 2. The Labute approximate surface area is 149 Å². The number of hydrogen-bond acceptors (Lipinski definition) is 7. The minimum atomic E-state index is -1.04. The molecule has 1 aliphatic rings. The predicted octanol–water partition coefficient (Wildman–Crippen LogP) is 0.0823. The summed E-state index contributed by atoms with van der Waals surface area (Å²) in [6.45, 7) is 0. The predicted molar refractivity (Wildman–Crippen MR) is 88.5 cm³/mol. The zero-order valence-electron chi connectivity index (χ0n) is 14.3. The van der Waals surface area contributed by atoms with Gasteiger partial charge in [-0.3, -0.25) is 19.7 Å². The molecule has 26 heavy (non-hydrogen) atoms. The third-order valence-corrected chi connectivity index (χ3v) is 3.99. The molecule has 10 heteroatoms. The van der Waals surface area contributed by atoms with Crippen LogP contribution in [0.4, 0.5) is 5.69 Å². The fraction of sp³-hybridized carbons (Fsp3) is 0.438. The van der Waals surface area contributed by atoms with Gasteiger partial charge in [0.1, 0.15) is 12.1 Å². The maximum atomic E-state index is 12.2. The van der Waals surface area contributed by atoms with Crippen molar-refractivity contribution < 1.29 is 28.8 Å². The van der Waals surface area contributed by atoms with Crippen LogP contribution in [0.2, 0.25) is 0 Å². The number of carbonyl (C=O) groups is 3. The van der Waals surface area contributed by atoms with E-state index in [9.17, 15) is 24.5 Å². The van der Waals surface area contributed by atoms with Crippen molar-refractivity contribution in [3.63, 3.8) is 0 Å². The van der Waals surface area contributed by atoms with E-state index in [0.717, 1.165) is 0 Å². The van der Waals surface area contributed by atoms with Crippen LogP contribution in [0.3, 0.4) is 0 Å². The third-order valence-electron chi connectivity index (χ3n) is 3.99. The molecule has 1 aromatic rings. The molecule has 140 valence electrons. The van der Waals surface area contributed by atoms with E-state index >= 15 is 0 Å². The van der Waals surface area contributed by atoms with Crippen molar-refractivity contribution in [1.82, 2.24) is 10.6 Å². The highest BCUT2D eigenvalue weighted by Gasteiger charge is 2.31. The largest absolute Gasteiger partial charge is 0.490 e. The zero-order chi connectivity index (χ0) is 19.3. The lowest BCUT2D eigenvalue weighted by Gasteiger charge is -2.19. The van der Waals surface area contributed by atoms with Crippen LogP contribution in [0.5, 0.6) is 5.75 Å². The van der Waals surface area contributed by atoms with Gasteiger partial charge in [-0.2, -0.15) is 0 Å². The Morgan fingerprint density at radius 2 is 2.15 bits per heavy atom. The molecule has 0 unspecified atom stereocenters. The second-order valence-corrected chi connectivity index (χ2v) is 5.71. The molecule has 1 fully saturated rings. The Kier molecular flexibility index (Phi) is 6.10. The molecule has 2 rings (SSSR count). The number of nitrogens with zero attached hydrogens (tertiary/aromatic N) is 1. The molecule has 2 N–H and O–H groups in total. The van der Waals surface area contributed by atoms with Crippen molar-refractivity contribution in [2.45, 2.75) is 31.3 Å². The molecular formula is C16H19N3O7. The van der Waals surface area contributed by atoms with Gasteiger partial charge in [0.2, 0.25) is 11.8 Å². The molecule has 1 heterocycles. The number of amides is 2. The van der Waals surface area contributed by atoms with Crippen LogP contribution < -0.4 is 15.4 Å². The van der Waals surface area contributed by atoms with Gasteiger partial charge in [0.25, 0.3) is 0 Å². The Morgan fingerprint density at radius 1 is 1.42 bits per heavy atom. The smallest absolute Gasteiger partial charge is 0.328 e. The van der Waals surface area contributed by atoms with Crippen molar-refractivity contribution in [2.75, 3.05) is 14.2 Å². The standard InChI is InChI=1S/C16H19N3O7/c1-25-13-5-3-9(8-12(13)19(23)24)7-11(16(22)26-2)18-15(21)10-4-6-14(20)17-10/h3,5,8,10-11H,4,6-7H2,1-2H3,(H,17,20)(H,18,21)/t10-,11-/m1/s1. The van der Waals surface area contributed by atoms with Gasteiger partial charge in [-0.25, -0.2) is 4.79 Å². The summed E-state index contributed by atoms with van der Waals surface area (Å²) in [6, 6.07) is 2.50. The summed E-state index contributed by atoms with van der Waals surface area (Å²) < 4.78 is 9.63. The summed E-state index contributed by atoms with van der Waals surface area (Å²) in [4.78, 5) is 46.0. The fourth-order valence-corrected chi connectivity index (χ4v) is 2.66. The second kappa shape index (κ2) is 8.28. The van der Waals surface area contributed by atoms with E-state index in [0.29, 0.717) is 12.0 Å². The Balaban J connectivity index is 2.16. The normalized spacial score (nSPS) is 17.2. The first kappa shape index (κ1) is 19.2. The number of esters is 1. The molecular weight excluding hydrogens is 346 g/mol. The Hall–Kier alpha value is -3.17. The fourth-order valence-electron chi connectivity index (χ4n) is 2.66. The van der Waals surface area contributed by atoms with Gasteiger partial charge in [0.15, 0.2) is 5.75 Å². The van der Waals surface area contributed by atoms with Crippen molar-refractivity contribution in [1.29, 1.82) is 0 Å².